The van der Waals surface area contributed by atoms with Gasteiger partial charge in [0.25, 0.3) is 0 Å². The molecule has 1 amide bonds. The third kappa shape index (κ3) is 2.74. The fraction of sp³-hybridized carbons (Fsp3) is 0.941. The Balaban J connectivity index is 1.56. The zero-order valence-corrected chi connectivity index (χ0v) is 12.8. The minimum absolute atomic E-state index is 0.236. The van der Waals surface area contributed by atoms with Gasteiger partial charge in [-0.2, -0.15) is 0 Å². The molecular formula is C17H30N2O. The van der Waals surface area contributed by atoms with E-state index in [1.54, 1.807) is 0 Å². The van der Waals surface area contributed by atoms with Crippen LogP contribution in [0.25, 0.3) is 0 Å². The van der Waals surface area contributed by atoms with E-state index in [9.17, 15) is 4.79 Å². The van der Waals surface area contributed by atoms with E-state index in [0.29, 0.717) is 23.8 Å². The molecule has 1 heterocycles. The van der Waals surface area contributed by atoms with Gasteiger partial charge in [-0.05, 0) is 56.4 Å². The van der Waals surface area contributed by atoms with Crippen LogP contribution in [0.15, 0.2) is 0 Å². The van der Waals surface area contributed by atoms with E-state index in [0.717, 1.165) is 25.9 Å². The molecule has 20 heavy (non-hydrogen) atoms. The smallest absolute Gasteiger partial charge is 0.226 e. The lowest BCUT2D eigenvalue weighted by Crippen LogP contribution is -2.47. The predicted molar refractivity (Wildman–Crippen MR) is 81.2 cm³/mol. The van der Waals surface area contributed by atoms with Crippen molar-refractivity contribution in [2.75, 3.05) is 19.6 Å². The molecule has 0 aromatic heterocycles. The molecule has 1 aliphatic heterocycles. The molecule has 0 radical (unpaired) electrons. The van der Waals surface area contributed by atoms with E-state index < -0.39 is 0 Å². The summed E-state index contributed by atoms with van der Waals surface area (Å²) in [7, 11) is 0. The summed E-state index contributed by atoms with van der Waals surface area (Å²) in [5.74, 6) is 1.11. The van der Waals surface area contributed by atoms with Crippen molar-refractivity contribution in [1.29, 1.82) is 0 Å². The first-order valence-corrected chi connectivity index (χ1v) is 8.73. The van der Waals surface area contributed by atoms with Crippen molar-refractivity contribution in [3.8, 4) is 0 Å². The largest absolute Gasteiger partial charge is 0.342 e. The number of rotatable bonds is 2. The van der Waals surface area contributed by atoms with Crippen LogP contribution in [0.2, 0.25) is 0 Å². The fourth-order valence-corrected chi connectivity index (χ4v) is 4.88. The van der Waals surface area contributed by atoms with Gasteiger partial charge >= 0.3 is 0 Å². The number of hydrogen-bond acceptors (Lipinski definition) is 2. The van der Waals surface area contributed by atoms with Crippen LogP contribution in [0.5, 0.6) is 0 Å². The van der Waals surface area contributed by atoms with Crippen molar-refractivity contribution in [2.24, 2.45) is 23.0 Å². The van der Waals surface area contributed by atoms with Gasteiger partial charge in [0.05, 0.1) is 0 Å². The number of amides is 1. The van der Waals surface area contributed by atoms with Gasteiger partial charge in [0.1, 0.15) is 0 Å². The Labute approximate surface area is 123 Å². The highest BCUT2D eigenvalue weighted by molar-refractivity contribution is 5.79. The molecule has 3 rings (SSSR count). The first-order valence-electron chi connectivity index (χ1n) is 8.73. The zero-order valence-electron chi connectivity index (χ0n) is 12.8. The van der Waals surface area contributed by atoms with Crippen molar-refractivity contribution < 1.29 is 4.79 Å². The summed E-state index contributed by atoms with van der Waals surface area (Å²) in [6.45, 7) is 2.70. The third-order valence-corrected chi connectivity index (χ3v) is 6.33. The Bertz CT molecular complexity index is 339. The van der Waals surface area contributed by atoms with Crippen molar-refractivity contribution in [2.45, 2.75) is 64.2 Å². The second kappa shape index (κ2) is 6.05. The number of nitrogens with two attached hydrogens (primary N) is 1. The topological polar surface area (TPSA) is 46.3 Å². The number of carbonyl (C=O) groups is 1. The quantitative estimate of drug-likeness (QED) is 0.844. The minimum Gasteiger partial charge on any atom is -0.342 e. The highest BCUT2D eigenvalue weighted by Gasteiger charge is 2.40. The fourth-order valence-electron chi connectivity index (χ4n) is 4.88. The summed E-state index contributed by atoms with van der Waals surface area (Å²) in [5, 5.41) is 0. The number of piperidine rings is 1. The first kappa shape index (κ1) is 14.4. The zero-order chi connectivity index (χ0) is 14.0. The molecule has 3 fully saturated rings. The molecule has 114 valence electrons. The first-order chi connectivity index (χ1) is 9.74. The van der Waals surface area contributed by atoms with Gasteiger partial charge in [-0.15, -0.1) is 0 Å². The van der Waals surface area contributed by atoms with Crippen LogP contribution in [0, 0.1) is 17.3 Å². The van der Waals surface area contributed by atoms with Gasteiger partial charge < -0.3 is 10.6 Å². The number of nitrogens with zero attached hydrogens (tertiary/aromatic N) is 1. The maximum absolute atomic E-state index is 12.7. The molecule has 0 aromatic rings. The summed E-state index contributed by atoms with van der Waals surface area (Å²) in [6, 6.07) is 0. The lowest BCUT2D eigenvalue weighted by Gasteiger charge is -2.45. The van der Waals surface area contributed by atoms with Gasteiger partial charge in [-0.25, -0.2) is 0 Å². The van der Waals surface area contributed by atoms with Crippen LogP contribution in [0.4, 0.5) is 0 Å². The van der Waals surface area contributed by atoms with Crippen LogP contribution in [0.3, 0.4) is 0 Å². The molecule has 2 aliphatic carbocycles. The van der Waals surface area contributed by atoms with Crippen molar-refractivity contribution in [3.05, 3.63) is 0 Å². The molecule has 3 heteroatoms. The van der Waals surface area contributed by atoms with Crippen LogP contribution in [-0.4, -0.2) is 30.4 Å². The molecule has 0 bridgehead atoms. The Morgan fingerprint density at radius 3 is 2.35 bits per heavy atom. The lowest BCUT2D eigenvalue weighted by atomic mass is 9.68. The monoisotopic (exact) mass is 278 g/mol. The molecule has 1 spiro atoms. The molecule has 1 saturated heterocycles. The normalized spacial score (nSPS) is 33.5. The molecule has 3 nitrogen and oxygen atoms in total. The molecule has 3 aliphatic rings. The van der Waals surface area contributed by atoms with E-state index in [1.165, 1.54) is 51.4 Å². The average molecular weight is 278 g/mol. The second-order valence-electron chi connectivity index (χ2n) is 7.42. The van der Waals surface area contributed by atoms with Gasteiger partial charge in [0.2, 0.25) is 5.91 Å². The second-order valence-corrected chi connectivity index (χ2v) is 7.42. The molecule has 2 N–H and O–H groups in total. The van der Waals surface area contributed by atoms with Gasteiger partial charge in [-0.3, -0.25) is 4.79 Å². The minimum atomic E-state index is 0.236. The maximum Gasteiger partial charge on any atom is 0.226 e. The highest BCUT2D eigenvalue weighted by atomic mass is 16.2. The lowest BCUT2D eigenvalue weighted by molar-refractivity contribution is -0.139. The van der Waals surface area contributed by atoms with Gasteiger partial charge in [0.15, 0.2) is 0 Å². The molecule has 2 unspecified atom stereocenters. The van der Waals surface area contributed by atoms with Gasteiger partial charge in [0, 0.05) is 19.0 Å². The van der Waals surface area contributed by atoms with Crippen molar-refractivity contribution >= 4 is 5.91 Å². The predicted octanol–water partition coefficient (Wildman–Crippen LogP) is 2.93. The van der Waals surface area contributed by atoms with E-state index in [-0.39, 0.29) is 5.92 Å². The number of hydrogen-bond donors (Lipinski definition) is 1. The van der Waals surface area contributed by atoms with Crippen molar-refractivity contribution in [3.63, 3.8) is 0 Å². The SMILES string of the molecule is NCC1CCCC1C(=O)N1CCC2(CCCCC2)CC1. The van der Waals surface area contributed by atoms with Gasteiger partial charge in [-0.1, -0.05) is 25.7 Å². The molecular weight excluding hydrogens is 248 g/mol. The number of likely N-dealkylation sites (tertiary alicyclic amines) is 1. The van der Waals surface area contributed by atoms with Crippen LogP contribution in [0.1, 0.15) is 64.2 Å². The number of carbonyl (C=O) groups excluding carboxylic acids is 1. The highest BCUT2D eigenvalue weighted by Crippen LogP contribution is 2.45. The van der Waals surface area contributed by atoms with Crippen LogP contribution >= 0.6 is 0 Å². The summed E-state index contributed by atoms with van der Waals surface area (Å²) < 4.78 is 0. The standard InChI is InChI=1S/C17H30N2O/c18-13-14-5-4-6-15(14)16(20)19-11-9-17(10-12-19)7-2-1-3-8-17/h14-15H,1-13,18H2. The van der Waals surface area contributed by atoms with Crippen molar-refractivity contribution in [1.82, 2.24) is 4.90 Å². The Hall–Kier alpha value is -0.570. The van der Waals surface area contributed by atoms with Crippen LogP contribution < -0.4 is 5.73 Å². The maximum atomic E-state index is 12.7. The third-order valence-electron chi connectivity index (χ3n) is 6.33. The van der Waals surface area contributed by atoms with E-state index in [4.69, 9.17) is 5.73 Å². The summed E-state index contributed by atoms with van der Waals surface area (Å²) >= 11 is 0. The Kier molecular flexibility index (Phi) is 4.34. The summed E-state index contributed by atoms with van der Waals surface area (Å²) in [4.78, 5) is 14.9. The van der Waals surface area contributed by atoms with Crippen LogP contribution in [-0.2, 0) is 4.79 Å². The molecule has 2 saturated carbocycles. The summed E-state index contributed by atoms with van der Waals surface area (Å²) in [6.07, 6.45) is 13.0. The average Bonchev–Trinajstić information content (AvgIpc) is 2.97. The van der Waals surface area contributed by atoms with E-state index in [1.807, 2.05) is 0 Å². The Morgan fingerprint density at radius 1 is 1.00 bits per heavy atom. The summed E-state index contributed by atoms with van der Waals surface area (Å²) in [5.41, 5.74) is 6.43. The Morgan fingerprint density at radius 2 is 1.70 bits per heavy atom. The molecule has 2 atom stereocenters. The van der Waals surface area contributed by atoms with E-state index in [2.05, 4.69) is 4.90 Å². The van der Waals surface area contributed by atoms with E-state index >= 15 is 0 Å². The molecule has 0 aromatic carbocycles.